The van der Waals surface area contributed by atoms with E-state index in [4.69, 9.17) is 4.11 Å². The van der Waals surface area contributed by atoms with E-state index in [-0.39, 0.29) is 10.0 Å². The van der Waals surface area contributed by atoms with Crippen molar-refractivity contribution in [3.63, 3.8) is 0 Å². The normalized spacial score (nSPS) is 19.2. The minimum atomic E-state index is -5.20. The van der Waals surface area contributed by atoms with Crippen LogP contribution in [0.3, 0.4) is 0 Å². The predicted octanol–water partition coefficient (Wildman–Crippen LogP) is 2.71. The SMILES string of the molecule is [2H]C([2H])([2H])c1ccc(C(O)(C=O)C(F)(F)F)cc1Br. The zero-order valence-corrected chi connectivity index (χ0v) is 9.26. The number of carbonyl (C=O) groups excluding carboxylic acids is 1. The van der Waals surface area contributed by atoms with Gasteiger partial charge in [-0.15, -0.1) is 0 Å². The molecule has 0 radical (unpaired) electrons. The lowest BCUT2D eigenvalue weighted by molar-refractivity contribution is -0.249. The second-order valence-corrected chi connectivity index (χ2v) is 3.93. The molecule has 6 heteroatoms. The Morgan fingerprint density at radius 1 is 1.50 bits per heavy atom. The second-order valence-electron chi connectivity index (χ2n) is 3.08. The summed E-state index contributed by atoms with van der Waals surface area (Å²) in [4.78, 5) is 10.6. The Bertz CT molecular complexity index is 502. The molecule has 0 heterocycles. The summed E-state index contributed by atoms with van der Waals surface area (Å²) in [5.74, 6) is 0. The van der Waals surface area contributed by atoms with Crippen LogP contribution in [0.15, 0.2) is 22.7 Å². The average molecular weight is 300 g/mol. The molecule has 0 spiro atoms. The standard InChI is InChI=1S/C10H8BrF3O2/c1-6-2-3-7(4-8(6)11)9(16,5-15)10(12,13)14/h2-5,16H,1H3/i1D3. The monoisotopic (exact) mass is 299 g/mol. The number of benzene rings is 1. The lowest BCUT2D eigenvalue weighted by Crippen LogP contribution is -2.43. The van der Waals surface area contributed by atoms with Crippen molar-refractivity contribution in [3.8, 4) is 0 Å². The topological polar surface area (TPSA) is 37.3 Å². The van der Waals surface area contributed by atoms with Gasteiger partial charge in [0.25, 0.3) is 0 Å². The molecule has 1 aromatic rings. The largest absolute Gasteiger partial charge is 0.428 e. The van der Waals surface area contributed by atoms with Crippen molar-refractivity contribution < 1.29 is 27.2 Å². The molecule has 0 bridgehead atoms. The van der Waals surface area contributed by atoms with Gasteiger partial charge in [0.05, 0.1) is 0 Å². The van der Waals surface area contributed by atoms with Crippen molar-refractivity contribution in [2.24, 2.45) is 0 Å². The Hall–Kier alpha value is -0.880. The summed E-state index contributed by atoms with van der Waals surface area (Å²) < 4.78 is 59.3. The van der Waals surface area contributed by atoms with Gasteiger partial charge >= 0.3 is 6.18 Å². The fraction of sp³-hybridized carbons (Fsp3) is 0.300. The summed E-state index contributed by atoms with van der Waals surface area (Å²) in [6, 6.07) is 2.44. The first kappa shape index (κ1) is 9.18. The van der Waals surface area contributed by atoms with Crippen LogP contribution in [0.1, 0.15) is 15.2 Å². The number of aryl methyl sites for hydroxylation is 1. The van der Waals surface area contributed by atoms with E-state index in [0.717, 1.165) is 18.2 Å². The van der Waals surface area contributed by atoms with E-state index < -0.39 is 30.5 Å². The minimum absolute atomic E-state index is 0.144. The van der Waals surface area contributed by atoms with Gasteiger partial charge in [-0.3, -0.25) is 4.79 Å². The molecule has 0 aliphatic rings. The van der Waals surface area contributed by atoms with E-state index in [1.165, 1.54) is 0 Å². The van der Waals surface area contributed by atoms with Crippen molar-refractivity contribution >= 4 is 22.2 Å². The van der Waals surface area contributed by atoms with Gasteiger partial charge in [0, 0.05) is 14.1 Å². The maximum absolute atomic E-state index is 12.6. The highest BCUT2D eigenvalue weighted by Gasteiger charge is 2.55. The van der Waals surface area contributed by atoms with Crippen LogP contribution in [-0.2, 0) is 10.4 Å². The third-order valence-electron chi connectivity index (χ3n) is 2.01. The van der Waals surface area contributed by atoms with Crippen LogP contribution in [-0.4, -0.2) is 17.6 Å². The number of aliphatic hydroxyl groups is 1. The summed E-state index contributed by atoms with van der Waals surface area (Å²) >= 11 is 2.82. The Morgan fingerprint density at radius 2 is 2.12 bits per heavy atom. The van der Waals surface area contributed by atoms with Crippen molar-refractivity contribution in [2.45, 2.75) is 18.6 Å². The summed E-state index contributed by atoms with van der Waals surface area (Å²) in [6.07, 6.45) is -5.83. The number of rotatable bonds is 2. The molecule has 1 atom stereocenters. The molecular formula is C10H8BrF3O2. The maximum atomic E-state index is 12.6. The quantitative estimate of drug-likeness (QED) is 0.853. The first-order chi connectivity index (χ1) is 8.43. The predicted molar refractivity (Wildman–Crippen MR) is 54.9 cm³/mol. The number of hydrogen-bond donors (Lipinski definition) is 1. The lowest BCUT2D eigenvalue weighted by atomic mass is 9.94. The molecule has 1 N–H and O–H groups in total. The first-order valence-corrected chi connectivity index (χ1v) is 4.78. The molecule has 1 aromatic carbocycles. The van der Waals surface area contributed by atoms with E-state index in [9.17, 15) is 23.1 Å². The molecule has 1 rings (SSSR count). The zero-order valence-electron chi connectivity index (χ0n) is 10.7. The van der Waals surface area contributed by atoms with Crippen molar-refractivity contribution in [3.05, 3.63) is 33.8 Å². The molecular weight excluding hydrogens is 289 g/mol. The van der Waals surface area contributed by atoms with E-state index in [2.05, 4.69) is 15.9 Å². The summed E-state index contributed by atoms with van der Waals surface area (Å²) in [5, 5.41) is 9.39. The van der Waals surface area contributed by atoms with Crippen molar-refractivity contribution in [1.29, 1.82) is 0 Å². The van der Waals surface area contributed by atoms with Crippen LogP contribution in [0.25, 0.3) is 0 Å². The molecule has 0 aromatic heterocycles. The van der Waals surface area contributed by atoms with Crippen LogP contribution in [0.4, 0.5) is 13.2 Å². The van der Waals surface area contributed by atoms with Gasteiger partial charge < -0.3 is 5.11 Å². The highest BCUT2D eigenvalue weighted by Crippen LogP contribution is 2.38. The van der Waals surface area contributed by atoms with Gasteiger partial charge in [-0.1, -0.05) is 28.1 Å². The lowest BCUT2D eigenvalue weighted by Gasteiger charge is -2.25. The Balaban J connectivity index is 3.39. The number of alkyl halides is 3. The third kappa shape index (κ3) is 2.12. The fourth-order valence-electron chi connectivity index (χ4n) is 1.05. The summed E-state index contributed by atoms with van der Waals surface area (Å²) in [7, 11) is 0. The van der Waals surface area contributed by atoms with Crippen LogP contribution in [0.5, 0.6) is 0 Å². The molecule has 16 heavy (non-hydrogen) atoms. The van der Waals surface area contributed by atoms with E-state index >= 15 is 0 Å². The highest BCUT2D eigenvalue weighted by atomic mass is 79.9. The molecule has 0 aliphatic heterocycles. The van der Waals surface area contributed by atoms with Gasteiger partial charge in [-0.2, -0.15) is 13.2 Å². The van der Waals surface area contributed by atoms with E-state index in [1.54, 1.807) is 0 Å². The van der Waals surface area contributed by atoms with Crippen LogP contribution in [0, 0.1) is 6.85 Å². The Morgan fingerprint density at radius 3 is 2.50 bits per heavy atom. The fourth-order valence-corrected chi connectivity index (χ4v) is 1.43. The summed E-state index contributed by atoms with van der Waals surface area (Å²) in [5.41, 5.74) is -4.63. The summed E-state index contributed by atoms with van der Waals surface area (Å²) in [6.45, 7) is -2.52. The average Bonchev–Trinajstić information content (AvgIpc) is 2.24. The molecule has 0 aliphatic carbocycles. The minimum Gasteiger partial charge on any atom is -0.370 e. The number of hydrogen-bond acceptors (Lipinski definition) is 2. The molecule has 88 valence electrons. The van der Waals surface area contributed by atoms with E-state index in [1.807, 2.05) is 0 Å². The molecule has 0 saturated carbocycles. The smallest absolute Gasteiger partial charge is 0.370 e. The van der Waals surface area contributed by atoms with Gasteiger partial charge in [0.1, 0.15) is 0 Å². The van der Waals surface area contributed by atoms with Crippen LogP contribution >= 0.6 is 15.9 Å². The Labute approximate surface area is 102 Å². The molecule has 0 amide bonds. The third-order valence-corrected chi connectivity index (χ3v) is 2.67. The molecule has 2 nitrogen and oxygen atoms in total. The zero-order chi connectivity index (χ0) is 15.1. The molecule has 1 unspecified atom stereocenters. The first-order valence-electron chi connectivity index (χ1n) is 5.49. The van der Waals surface area contributed by atoms with Crippen LogP contribution < -0.4 is 0 Å². The van der Waals surface area contributed by atoms with Crippen molar-refractivity contribution in [2.75, 3.05) is 0 Å². The Kier molecular flexibility index (Phi) is 2.40. The van der Waals surface area contributed by atoms with Gasteiger partial charge in [0.2, 0.25) is 5.60 Å². The van der Waals surface area contributed by atoms with Gasteiger partial charge in [-0.05, 0) is 18.5 Å². The second kappa shape index (κ2) is 4.18. The van der Waals surface area contributed by atoms with E-state index in [0.29, 0.717) is 0 Å². The number of aldehydes is 1. The maximum Gasteiger partial charge on any atom is 0.428 e. The highest BCUT2D eigenvalue weighted by molar-refractivity contribution is 9.10. The molecule has 0 saturated heterocycles. The number of carbonyl (C=O) groups is 1. The van der Waals surface area contributed by atoms with Gasteiger partial charge in [-0.25, -0.2) is 0 Å². The van der Waals surface area contributed by atoms with Gasteiger partial charge in [0.15, 0.2) is 6.29 Å². The number of halogens is 4. The van der Waals surface area contributed by atoms with Crippen molar-refractivity contribution in [1.82, 2.24) is 0 Å². The molecule has 0 fully saturated rings. The van der Waals surface area contributed by atoms with Crippen LogP contribution in [0.2, 0.25) is 0 Å².